The molecular weight excluding hydrogens is 256 g/mol. The van der Waals surface area contributed by atoms with E-state index < -0.39 is 5.54 Å². The van der Waals surface area contributed by atoms with Crippen molar-refractivity contribution in [2.75, 3.05) is 12.3 Å². The Labute approximate surface area is 117 Å². The smallest absolute Gasteiger partial charge is 0.333 e. The van der Waals surface area contributed by atoms with Crippen molar-refractivity contribution >= 4 is 11.7 Å². The first kappa shape index (κ1) is 14.0. The van der Waals surface area contributed by atoms with Gasteiger partial charge in [0.15, 0.2) is 5.54 Å². The van der Waals surface area contributed by atoms with E-state index in [2.05, 4.69) is 10.3 Å². The topological polar surface area (TPSA) is 83.0 Å². The third-order valence-electron chi connectivity index (χ3n) is 3.04. The van der Waals surface area contributed by atoms with Crippen LogP contribution in [0.3, 0.4) is 0 Å². The standard InChI is InChI=1S/C14H18N4O2/c1-4-20-13(19)14(2,3)18-12(9-16-17-18)10-6-5-7-11(15)8-10/h5-9H,4,15H2,1-3H3. The zero-order chi connectivity index (χ0) is 14.8. The predicted molar refractivity (Wildman–Crippen MR) is 75.8 cm³/mol. The highest BCUT2D eigenvalue weighted by Crippen LogP contribution is 2.26. The molecule has 0 amide bonds. The van der Waals surface area contributed by atoms with Crippen molar-refractivity contribution in [3.63, 3.8) is 0 Å². The van der Waals surface area contributed by atoms with Crippen LogP contribution < -0.4 is 5.73 Å². The average Bonchev–Trinajstić information content (AvgIpc) is 2.88. The molecule has 20 heavy (non-hydrogen) atoms. The first-order valence-electron chi connectivity index (χ1n) is 6.41. The summed E-state index contributed by atoms with van der Waals surface area (Å²) in [5.41, 5.74) is 7.07. The number of nitrogens with zero attached hydrogens (tertiary/aromatic N) is 3. The fraction of sp³-hybridized carbons (Fsp3) is 0.357. The third kappa shape index (κ3) is 2.49. The van der Waals surface area contributed by atoms with E-state index in [9.17, 15) is 4.79 Å². The normalized spacial score (nSPS) is 11.3. The fourth-order valence-electron chi connectivity index (χ4n) is 1.94. The summed E-state index contributed by atoms with van der Waals surface area (Å²) in [6.45, 7) is 5.59. The predicted octanol–water partition coefficient (Wildman–Crippen LogP) is 1.83. The minimum absolute atomic E-state index is 0.324. The van der Waals surface area contributed by atoms with E-state index in [1.807, 2.05) is 18.2 Å². The Kier molecular flexibility index (Phi) is 3.74. The Hall–Kier alpha value is -2.37. The van der Waals surface area contributed by atoms with Gasteiger partial charge in [-0.2, -0.15) is 0 Å². The second-order valence-electron chi connectivity index (χ2n) is 4.94. The Balaban J connectivity index is 2.45. The van der Waals surface area contributed by atoms with Gasteiger partial charge in [0.05, 0.1) is 18.5 Å². The maximum Gasteiger partial charge on any atom is 0.333 e. The van der Waals surface area contributed by atoms with Crippen LogP contribution in [0.2, 0.25) is 0 Å². The summed E-state index contributed by atoms with van der Waals surface area (Å²) >= 11 is 0. The summed E-state index contributed by atoms with van der Waals surface area (Å²) in [5, 5.41) is 7.92. The van der Waals surface area contributed by atoms with Gasteiger partial charge in [0.25, 0.3) is 0 Å². The molecule has 0 atom stereocenters. The van der Waals surface area contributed by atoms with E-state index in [-0.39, 0.29) is 5.97 Å². The zero-order valence-electron chi connectivity index (χ0n) is 11.8. The molecule has 0 radical (unpaired) electrons. The highest BCUT2D eigenvalue weighted by molar-refractivity contribution is 5.79. The molecule has 0 unspecified atom stereocenters. The highest BCUT2D eigenvalue weighted by atomic mass is 16.5. The minimum Gasteiger partial charge on any atom is -0.464 e. The lowest BCUT2D eigenvalue weighted by Crippen LogP contribution is -2.38. The maximum absolute atomic E-state index is 12.1. The van der Waals surface area contributed by atoms with Crippen LogP contribution in [0.4, 0.5) is 5.69 Å². The van der Waals surface area contributed by atoms with Crippen molar-refractivity contribution in [1.82, 2.24) is 15.0 Å². The molecule has 0 aliphatic heterocycles. The molecule has 1 aromatic heterocycles. The molecule has 0 spiro atoms. The monoisotopic (exact) mass is 274 g/mol. The van der Waals surface area contributed by atoms with Crippen LogP contribution in [-0.4, -0.2) is 27.6 Å². The number of hydrogen-bond acceptors (Lipinski definition) is 5. The summed E-state index contributed by atoms with van der Waals surface area (Å²) in [6, 6.07) is 7.36. The van der Waals surface area contributed by atoms with Gasteiger partial charge < -0.3 is 10.5 Å². The van der Waals surface area contributed by atoms with Crippen LogP contribution >= 0.6 is 0 Å². The molecule has 0 aliphatic carbocycles. The van der Waals surface area contributed by atoms with Gasteiger partial charge >= 0.3 is 5.97 Å². The molecule has 0 fully saturated rings. The maximum atomic E-state index is 12.1. The van der Waals surface area contributed by atoms with Gasteiger partial charge in [-0.15, -0.1) is 5.10 Å². The summed E-state index contributed by atoms with van der Waals surface area (Å²) in [6.07, 6.45) is 1.61. The number of carbonyl (C=O) groups excluding carboxylic acids is 1. The zero-order valence-corrected chi connectivity index (χ0v) is 11.8. The molecule has 0 aliphatic rings. The molecule has 0 saturated heterocycles. The first-order valence-corrected chi connectivity index (χ1v) is 6.41. The molecule has 2 aromatic rings. The van der Waals surface area contributed by atoms with Crippen molar-refractivity contribution < 1.29 is 9.53 Å². The number of ether oxygens (including phenoxy) is 1. The quantitative estimate of drug-likeness (QED) is 0.679. The molecule has 1 heterocycles. The minimum atomic E-state index is -0.938. The van der Waals surface area contributed by atoms with Crippen molar-refractivity contribution in [1.29, 1.82) is 0 Å². The summed E-state index contributed by atoms with van der Waals surface area (Å²) < 4.78 is 6.65. The number of rotatable bonds is 4. The third-order valence-corrected chi connectivity index (χ3v) is 3.04. The van der Waals surface area contributed by atoms with E-state index in [4.69, 9.17) is 10.5 Å². The van der Waals surface area contributed by atoms with Gasteiger partial charge in [0, 0.05) is 11.3 Å². The second kappa shape index (κ2) is 5.32. The Morgan fingerprint density at radius 2 is 2.20 bits per heavy atom. The van der Waals surface area contributed by atoms with Crippen LogP contribution in [0.15, 0.2) is 30.5 Å². The van der Waals surface area contributed by atoms with Crippen molar-refractivity contribution in [3.05, 3.63) is 30.5 Å². The summed E-state index contributed by atoms with van der Waals surface area (Å²) in [4.78, 5) is 12.1. The van der Waals surface area contributed by atoms with Gasteiger partial charge in [0.2, 0.25) is 0 Å². The number of aromatic nitrogens is 3. The molecular formula is C14H18N4O2. The summed E-state index contributed by atoms with van der Waals surface area (Å²) in [7, 11) is 0. The van der Waals surface area contributed by atoms with Crippen LogP contribution in [0.1, 0.15) is 20.8 Å². The van der Waals surface area contributed by atoms with Crippen molar-refractivity contribution in [2.24, 2.45) is 0 Å². The lowest BCUT2D eigenvalue weighted by molar-refractivity contribution is -0.152. The van der Waals surface area contributed by atoms with Gasteiger partial charge in [-0.3, -0.25) is 0 Å². The molecule has 6 nitrogen and oxygen atoms in total. The van der Waals surface area contributed by atoms with Gasteiger partial charge in [0.1, 0.15) is 0 Å². The van der Waals surface area contributed by atoms with Gasteiger partial charge in [-0.05, 0) is 32.9 Å². The van der Waals surface area contributed by atoms with Crippen LogP contribution in [-0.2, 0) is 15.1 Å². The molecule has 0 bridgehead atoms. The Morgan fingerprint density at radius 3 is 2.85 bits per heavy atom. The van der Waals surface area contributed by atoms with Crippen LogP contribution in [0.25, 0.3) is 11.3 Å². The van der Waals surface area contributed by atoms with E-state index in [0.29, 0.717) is 12.3 Å². The van der Waals surface area contributed by atoms with E-state index >= 15 is 0 Å². The SMILES string of the molecule is CCOC(=O)C(C)(C)n1nncc1-c1cccc(N)c1. The molecule has 1 aromatic carbocycles. The summed E-state index contributed by atoms with van der Waals surface area (Å²) in [5.74, 6) is -0.351. The Morgan fingerprint density at radius 1 is 1.45 bits per heavy atom. The lowest BCUT2D eigenvalue weighted by Gasteiger charge is -2.24. The largest absolute Gasteiger partial charge is 0.464 e. The lowest BCUT2D eigenvalue weighted by atomic mass is 10.0. The highest BCUT2D eigenvalue weighted by Gasteiger charge is 2.34. The molecule has 0 saturated carbocycles. The number of nitrogen functional groups attached to an aromatic ring is 1. The van der Waals surface area contributed by atoms with Crippen molar-refractivity contribution in [2.45, 2.75) is 26.3 Å². The number of anilines is 1. The molecule has 106 valence electrons. The number of carbonyl (C=O) groups is 1. The van der Waals surface area contributed by atoms with E-state index in [0.717, 1.165) is 11.3 Å². The van der Waals surface area contributed by atoms with E-state index in [1.165, 1.54) is 0 Å². The second-order valence-corrected chi connectivity index (χ2v) is 4.94. The molecule has 2 N–H and O–H groups in total. The molecule has 2 rings (SSSR count). The fourth-order valence-corrected chi connectivity index (χ4v) is 1.94. The van der Waals surface area contributed by atoms with Crippen LogP contribution in [0.5, 0.6) is 0 Å². The van der Waals surface area contributed by atoms with E-state index in [1.54, 1.807) is 37.7 Å². The molecule has 6 heteroatoms. The van der Waals surface area contributed by atoms with Crippen LogP contribution in [0, 0.1) is 0 Å². The average molecular weight is 274 g/mol. The number of benzene rings is 1. The number of hydrogen-bond donors (Lipinski definition) is 1. The van der Waals surface area contributed by atoms with Gasteiger partial charge in [-0.25, -0.2) is 9.48 Å². The number of esters is 1. The number of nitrogens with two attached hydrogens (primary N) is 1. The Bertz CT molecular complexity index is 619. The first-order chi connectivity index (χ1) is 9.46. The van der Waals surface area contributed by atoms with Gasteiger partial charge in [-0.1, -0.05) is 17.3 Å². The van der Waals surface area contributed by atoms with Crippen molar-refractivity contribution in [3.8, 4) is 11.3 Å².